The largest absolute Gasteiger partial charge is 0.489 e. The molecule has 3 aromatic heterocycles. The van der Waals surface area contributed by atoms with E-state index in [1.807, 2.05) is 16.7 Å². The van der Waals surface area contributed by atoms with Crippen molar-refractivity contribution in [3.05, 3.63) is 60.2 Å². The summed E-state index contributed by atoms with van der Waals surface area (Å²) >= 11 is 0. The Hall–Kier alpha value is -3.46. The second-order valence-electron chi connectivity index (χ2n) is 9.24. The van der Waals surface area contributed by atoms with Crippen molar-refractivity contribution < 1.29 is 14.3 Å². The van der Waals surface area contributed by atoms with E-state index in [9.17, 15) is 4.79 Å². The molecular weight excluding hydrogens is 408 g/mol. The first-order valence-corrected chi connectivity index (χ1v) is 10.8. The number of carbonyl (C=O) groups is 1. The minimum absolute atomic E-state index is 0.0223. The molecule has 9 nitrogen and oxygen atoms in total. The summed E-state index contributed by atoms with van der Waals surface area (Å²) < 4.78 is 13.9. The fourth-order valence-corrected chi connectivity index (χ4v) is 4.86. The first kappa shape index (κ1) is 19.2. The lowest BCUT2D eigenvalue weighted by Gasteiger charge is -2.41. The molecule has 2 aliphatic heterocycles. The van der Waals surface area contributed by atoms with Crippen molar-refractivity contribution in [2.75, 3.05) is 6.61 Å². The van der Waals surface area contributed by atoms with Gasteiger partial charge in [-0.2, -0.15) is 0 Å². The predicted octanol–water partition coefficient (Wildman–Crippen LogP) is 2.17. The third-order valence-corrected chi connectivity index (χ3v) is 6.50. The summed E-state index contributed by atoms with van der Waals surface area (Å²) in [6.45, 7) is 2.84. The van der Waals surface area contributed by atoms with Gasteiger partial charge in [0.2, 0.25) is 0 Å². The summed E-state index contributed by atoms with van der Waals surface area (Å²) in [5.74, 6) is 0.506. The van der Waals surface area contributed by atoms with Crippen LogP contribution in [0.3, 0.4) is 0 Å². The number of hydrogen-bond donors (Lipinski definition) is 2. The molecule has 164 valence electrons. The maximum atomic E-state index is 13.2. The first-order chi connectivity index (χ1) is 15.5. The van der Waals surface area contributed by atoms with E-state index in [1.54, 1.807) is 24.7 Å². The molecule has 2 saturated carbocycles. The van der Waals surface area contributed by atoms with E-state index in [0.717, 1.165) is 37.0 Å². The van der Waals surface area contributed by atoms with E-state index in [0.29, 0.717) is 29.4 Å². The Morgan fingerprint density at radius 1 is 1.31 bits per heavy atom. The van der Waals surface area contributed by atoms with Gasteiger partial charge in [-0.15, -0.1) is 0 Å². The second kappa shape index (κ2) is 6.77. The van der Waals surface area contributed by atoms with Crippen molar-refractivity contribution >= 4 is 17.3 Å². The normalized spacial score (nSPS) is 26.7. The van der Waals surface area contributed by atoms with Crippen LogP contribution in [-0.4, -0.2) is 43.6 Å². The van der Waals surface area contributed by atoms with Gasteiger partial charge in [0, 0.05) is 42.5 Å². The Labute approximate surface area is 184 Å². The zero-order valence-corrected chi connectivity index (χ0v) is 17.7. The van der Waals surface area contributed by atoms with E-state index < -0.39 is 0 Å². The standard InChI is InChI=1S/C23H24N6O3/c1-22-11-23(12-22,13-31-22)18-10-29-9-15(17(7-19(29)28-18)32-14-3-4-14)21(30)27-16(8-24)20-25-5-2-6-26-20/h2,5-10,14H,3-4,11-13,24H2,1H3,(H,27,30)/b16-8+. The Balaban J connectivity index is 1.35. The Morgan fingerprint density at radius 3 is 2.75 bits per heavy atom. The number of rotatable bonds is 6. The number of hydrogen-bond acceptors (Lipinski definition) is 7. The molecule has 0 unspecified atom stereocenters. The zero-order valence-electron chi connectivity index (χ0n) is 17.7. The number of carbonyl (C=O) groups excluding carboxylic acids is 1. The van der Waals surface area contributed by atoms with Gasteiger partial charge < -0.3 is 24.9 Å². The molecule has 1 amide bonds. The van der Waals surface area contributed by atoms with Gasteiger partial charge in [0.25, 0.3) is 5.91 Å². The summed E-state index contributed by atoms with van der Waals surface area (Å²) in [5, 5.41) is 2.82. The number of amides is 1. The maximum absolute atomic E-state index is 13.2. The van der Waals surface area contributed by atoms with Crippen molar-refractivity contribution in [3.63, 3.8) is 0 Å². The summed E-state index contributed by atoms with van der Waals surface area (Å²) in [6.07, 6.45) is 12.3. The van der Waals surface area contributed by atoms with E-state index in [1.165, 1.54) is 6.20 Å². The van der Waals surface area contributed by atoms with Crippen LogP contribution < -0.4 is 15.8 Å². The quantitative estimate of drug-likeness (QED) is 0.613. The second-order valence-corrected chi connectivity index (χ2v) is 9.24. The lowest BCUT2D eigenvalue weighted by Crippen LogP contribution is -2.45. The van der Waals surface area contributed by atoms with Crippen molar-refractivity contribution in [1.29, 1.82) is 0 Å². The molecule has 0 atom stereocenters. The van der Waals surface area contributed by atoms with Gasteiger partial charge in [-0.05, 0) is 38.7 Å². The molecule has 2 saturated heterocycles. The Morgan fingerprint density at radius 2 is 2.09 bits per heavy atom. The van der Waals surface area contributed by atoms with Crippen molar-refractivity contribution in [2.24, 2.45) is 5.73 Å². The topological polar surface area (TPSA) is 117 Å². The fourth-order valence-electron chi connectivity index (χ4n) is 4.86. The predicted molar refractivity (Wildman–Crippen MR) is 116 cm³/mol. The van der Waals surface area contributed by atoms with E-state index >= 15 is 0 Å². The van der Waals surface area contributed by atoms with Gasteiger partial charge in [0.05, 0.1) is 29.6 Å². The van der Waals surface area contributed by atoms with Gasteiger partial charge in [-0.25, -0.2) is 15.0 Å². The average Bonchev–Trinajstić information content (AvgIpc) is 3.24. The third kappa shape index (κ3) is 3.12. The molecular formula is C23H24N6O3. The molecule has 2 aliphatic carbocycles. The highest BCUT2D eigenvalue weighted by molar-refractivity contribution is 6.01. The number of ether oxygens (including phenoxy) is 2. The minimum atomic E-state index is -0.347. The fraction of sp³-hybridized carbons (Fsp3) is 0.391. The Kier molecular flexibility index (Phi) is 4.07. The molecule has 2 bridgehead atoms. The Bertz CT molecular complexity index is 1240. The van der Waals surface area contributed by atoms with Gasteiger partial charge >= 0.3 is 0 Å². The van der Waals surface area contributed by atoms with Gasteiger partial charge in [-0.1, -0.05) is 0 Å². The molecule has 0 aromatic carbocycles. The number of nitrogens with one attached hydrogen (secondary N) is 1. The average molecular weight is 432 g/mol. The molecule has 3 aromatic rings. The van der Waals surface area contributed by atoms with Crippen LogP contribution in [0.5, 0.6) is 5.75 Å². The maximum Gasteiger partial charge on any atom is 0.261 e. The number of nitrogens with two attached hydrogens (primary N) is 1. The lowest BCUT2D eigenvalue weighted by molar-refractivity contribution is 0.0154. The number of nitrogens with zero attached hydrogens (tertiary/aromatic N) is 4. The van der Waals surface area contributed by atoms with Gasteiger partial charge in [0.15, 0.2) is 5.82 Å². The van der Waals surface area contributed by atoms with Crippen LogP contribution in [0.4, 0.5) is 0 Å². The van der Waals surface area contributed by atoms with E-state index in [2.05, 4.69) is 22.2 Å². The molecule has 3 N–H and O–H groups in total. The molecule has 4 fully saturated rings. The molecule has 9 heteroatoms. The van der Waals surface area contributed by atoms with Crippen LogP contribution in [0.1, 0.15) is 54.5 Å². The summed E-state index contributed by atoms with van der Waals surface area (Å²) in [4.78, 5) is 26.4. The SMILES string of the molecule is CC12CC(c3cn4cc(C(=O)N/C(=C/N)c5ncccn5)c(OC5CC5)cc4n3)(CO1)C2. The third-order valence-electron chi connectivity index (χ3n) is 6.50. The number of aromatic nitrogens is 4. The van der Waals surface area contributed by atoms with Crippen LogP contribution in [0.2, 0.25) is 0 Å². The summed E-state index contributed by atoms with van der Waals surface area (Å²) in [5.41, 5.74) is 8.18. The van der Waals surface area contributed by atoms with E-state index in [-0.39, 0.29) is 23.0 Å². The van der Waals surface area contributed by atoms with Crippen LogP contribution in [0.25, 0.3) is 11.3 Å². The van der Waals surface area contributed by atoms with Crippen molar-refractivity contribution in [2.45, 2.75) is 49.7 Å². The molecule has 4 aliphatic rings. The summed E-state index contributed by atoms with van der Waals surface area (Å²) in [7, 11) is 0. The minimum Gasteiger partial charge on any atom is -0.489 e. The molecule has 7 rings (SSSR count). The molecule has 0 radical (unpaired) electrons. The van der Waals surface area contributed by atoms with Crippen LogP contribution in [-0.2, 0) is 10.2 Å². The van der Waals surface area contributed by atoms with Crippen LogP contribution in [0.15, 0.2) is 43.1 Å². The van der Waals surface area contributed by atoms with Crippen molar-refractivity contribution in [1.82, 2.24) is 24.7 Å². The van der Waals surface area contributed by atoms with Gasteiger partial charge in [-0.3, -0.25) is 4.79 Å². The van der Waals surface area contributed by atoms with Crippen LogP contribution >= 0.6 is 0 Å². The molecule has 0 spiro atoms. The number of pyridine rings is 1. The highest BCUT2D eigenvalue weighted by Crippen LogP contribution is 2.58. The van der Waals surface area contributed by atoms with Crippen LogP contribution in [0, 0.1) is 0 Å². The first-order valence-electron chi connectivity index (χ1n) is 10.8. The zero-order chi connectivity index (χ0) is 21.9. The monoisotopic (exact) mass is 432 g/mol. The summed E-state index contributed by atoms with van der Waals surface area (Å²) in [6, 6.07) is 3.54. The smallest absolute Gasteiger partial charge is 0.261 e. The molecule has 32 heavy (non-hydrogen) atoms. The highest BCUT2D eigenvalue weighted by Gasteiger charge is 2.61. The highest BCUT2D eigenvalue weighted by atomic mass is 16.5. The van der Waals surface area contributed by atoms with Gasteiger partial charge in [0.1, 0.15) is 17.1 Å². The number of imidazole rings is 1. The van der Waals surface area contributed by atoms with Crippen molar-refractivity contribution in [3.8, 4) is 5.75 Å². The number of fused-ring (bicyclic) bond motifs is 2. The molecule has 5 heterocycles. The van der Waals surface area contributed by atoms with E-state index in [4.69, 9.17) is 20.2 Å². The lowest BCUT2D eigenvalue weighted by atomic mass is 9.62.